The summed E-state index contributed by atoms with van der Waals surface area (Å²) in [6, 6.07) is 2.87. The monoisotopic (exact) mass is 265 g/mol. The number of hydrogen-bond donors (Lipinski definition) is 0. The van der Waals surface area contributed by atoms with E-state index < -0.39 is 11.9 Å². The van der Waals surface area contributed by atoms with Gasteiger partial charge >= 0.3 is 6.18 Å². The molecule has 0 aliphatic heterocycles. The highest BCUT2D eigenvalue weighted by Gasteiger charge is 2.35. The molecule has 0 unspecified atom stereocenters. The van der Waals surface area contributed by atoms with E-state index in [1.807, 2.05) is 0 Å². The summed E-state index contributed by atoms with van der Waals surface area (Å²) in [7, 11) is 0. The zero-order chi connectivity index (χ0) is 10.8. The van der Waals surface area contributed by atoms with Gasteiger partial charge in [-0.25, -0.2) is 0 Å². The Morgan fingerprint density at radius 2 is 2.14 bits per heavy atom. The molecule has 0 bridgehead atoms. The minimum absolute atomic E-state index is 0.0943. The molecule has 0 saturated carbocycles. The summed E-state index contributed by atoms with van der Waals surface area (Å²) in [6.07, 6.45) is -3.28. The van der Waals surface area contributed by atoms with Crippen LogP contribution in [0.1, 0.15) is 18.2 Å². The highest BCUT2D eigenvalue weighted by Crippen LogP contribution is 2.33. The number of pyridine rings is 1. The van der Waals surface area contributed by atoms with E-state index in [0.29, 0.717) is 5.57 Å². The van der Waals surface area contributed by atoms with Gasteiger partial charge < -0.3 is 0 Å². The first-order valence-corrected chi connectivity index (χ1v) is 4.68. The molecule has 1 rings (SSSR count). The molecule has 0 spiro atoms. The lowest BCUT2D eigenvalue weighted by Gasteiger charge is -2.10. The lowest BCUT2D eigenvalue weighted by molar-refractivity contribution is -0.141. The molecule has 5 heteroatoms. The lowest BCUT2D eigenvalue weighted by Crippen LogP contribution is -2.10. The van der Waals surface area contributed by atoms with Crippen LogP contribution >= 0.6 is 15.9 Å². The van der Waals surface area contributed by atoms with E-state index in [-0.39, 0.29) is 5.56 Å². The second kappa shape index (κ2) is 4.13. The number of rotatable bonds is 1. The van der Waals surface area contributed by atoms with Crippen molar-refractivity contribution in [2.45, 2.75) is 13.1 Å². The smallest absolute Gasteiger partial charge is 0.251 e. The van der Waals surface area contributed by atoms with E-state index in [0.717, 1.165) is 6.20 Å². The first kappa shape index (κ1) is 11.2. The second-order valence-electron chi connectivity index (χ2n) is 2.69. The Morgan fingerprint density at radius 3 is 2.64 bits per heavy atom. The number of alkyl halides is 3. The van der Waals surface area contributed by atoms with Gasteiger partial charge in [0.1, 0.15) is 0 Å². The third kappa shape index (κ3) is 2.35. The Morgan fingerprint density at radius 1 is 1.50 bits per heavy atom. The van der Waals surface area contributed by atoms with Gasteiger partial charge in [0, 0.05) is 11.8 Å². The third-order valence-corrected chi connectivity index (χ3v) is 2.35. The third-order valence-electron chi connectivity index (χ3n) is 1.66. The van der Waals surface area contributed by atoms with Crippen LogP contribution in [0.3, 0.4) is 0 Å². The summed E-state index contributed by atoms with van der Waals surface area (Å²) in [5, 5.41) is 0. The largest absolute Gasteiger partial charge is 0.433 e. The molecule has 0 fully saturated rings. The summed E-state index contributed by atoms with van der Waals surface area (Å²) in [5.74, 6) is 0. The fourth-order valence-electron chi connectivity index (χ4n) is 1.01. The van der Waals surface area contributed by atoms with Gasteiger partial charge in [0.2, 0.25) is 0 Å². The molecule has 14 heavy (non-hydrogen) atoms. The first-order valence-electron chi connectivity index (χ1n) is 3.76. The van der Waals surface area contributed by atoms with Crippen LogP contribution in [-0.2, 0) is 6.18 Å². The summed E-state index contributed by atoms with van der Waals surface area (Å²) in [5.41, 5.74) is -0.268. The zero-order valence-electron chi connectivity index (χ0n) is 7.27. The van der Waals surface area contributed by atoms with E-state index in [2.05, 4.69) is 20.9 Å². The number of allylic oxidation sites excluding steroid dienone is 1. The molecule has 0 atom stereocenters. The quantitative estimate of drug-likeness (QED) is 0.752. The fraction of sp³-hybridized carbons (Fsp3) is 0.222. The van der Waals surface area contributed by atoms with Crippen LogP contribution in [0.2, 0.25) is 0 Å². The van der Waals surface area contributed by atoms with E-state index in [1.165, 1.54) is 17.1 Å². The van der Waals surface area contributed by atoms with Gasteiger partial charge in [0.05, 0.1) is 0 Å². The second-order valence-corrected chi connectivity index (χ2v) is 3.15. The van der Waals surface area contributed by atoms with Crippen molar-refractivity contribution in [1.82, 2.24) is 4.98 Å². The number of halogens is 4. The molecule has 1 heterocycles. The van der Waals surface area contributed by atoms with Gasteiger partial charge in [-0.15, -0.1) is 0 Å². The summed E-state index contributed by atoms with van der Waals surface area (Å²) >= 11 is 3.00. The van der Waals surface area contributed by atoms with Crippen LogP contribution in [0, 0.1) is 0 Å². The molecule has 0 aliphatic rings. The molecule has 0 radical (unpaired) electrons. The Bertz CT molecular complexity index is 357. The van der Waals surface area contributed by atoms with Gasteiger partial charge in [-0.1, -0.05) is 22.0 Å². The Labute approximate surface area is 87.8 Å². The predicted molar refractivity (Wildman–Crippen MR) is 51.8 cm³/mol. The van der Waals surface area contributed by atoms with Gasteiger partial charge in [-0.2, -0.15) is 13.2 Å². The maximum absolute atomic E-state index is 12.4. The average molecular weight is 266 g/mol. The lowest BCUT2D eigenvalue weighted by atomic mass is 10.1. The van der Waals surface area contributed by atoms with Crippen LogP contribution in [0.15, 0.2) is 23.3 Å². The molecule has 0 saturated heterocycles. The van der Waals surface area contributed by atoms with Gasteiger partial charge in [0.25, 0.3) is 0 Å². The van der Waals surface area contributed by atoms with Gasteiger partial charge in [-0.3, -0.25) is 4.98 Å². The van der Waals surface area contributed by atoms with Gasteiger partial charge in [-0.05, 0) is 23.5 Å². The van der Waals surface area contributed by atoms with E-state index >= 15 is 0 Å². The highest BCUT2D eigenvalue weighted by atomic mass is 79.9. The number of aromatic nitrogens is 1. The van der Waals surface area contributed by atoms with Crippen molar-refractivity contribution >= 4 is 21.5 Å². The van der Waals surface area contributed by atoms with Crippen molar-refractivity contribution in [2.75, 3.05) is 0 Å². The summed E-state index contributed by atoms with van der Waals surface area (Å²) in [6.45, 7) is 1.58. The highest BCUT2D eigenvalue weighted by molar-refractivity contribution is 9.11. The van der Waals surface area contributed by atoms with Crippen molar-refractivity contribution in [3.05, 3.63) is 34.6 Å². The van der Waals surface area contributed by atoms with Crippen LogP contribution in [0.5, 0.6) is 0 Å². The average Bonchev–Trinajstić information content (AvgIpc) is 2.15. The SMILES string of the molecule is C/C(=C\Br)c1cccnc1C(F)(F)F. The normalized spacial score (nSPS) is 13.1. The van der Waals surface area contributed by atoms with Crippen LogP contribution in [0.25, 0.3) is 5.57 Å². The summed E-state index contributed by atoms with van der Waals surface area (Å²) < 4.78 is 37.3. The number of hydrogen-bond acceptors (Lipinski definition) is 1. The maximum Gasteiger partial charge on any atom is 0.433 e. The van der Waals surface area contributed by atoms with Crippen LogP contribution in [0.4, 0.5) is 13.2 Å². The standard InChI is InChI=1S/C9H7BrF3N/c1-6(5-10)7-3-2-4-14-8(7)9(11,12)13/h2-5H,1H3/b6-5+. The molecule has 0 N–H and O–H groups in total. The van der Waals surface area contributed by atoms with Crippen LogP contribution in [-0.4, -0.2) is 4.98 Å². The maximum atomic E-state index is 12.4. The fourth-order valence-corrected chi connectivity index (χ4v) is 1.25. The molecule has 1 aromatic rings. The Balaban J connectivity index is 3.31. The van der Waals surface area contributed by atoms with Crippen molar-refractivity contribution in [3.63, 3.8) is 0 Å². The predicted octanol–water partition coefficient (Wildman–Crippen LogP) is 3.86. The molecular formula is C9H7BrF3N. The van der Waals surface area contributed by atoms with E-state index in [4.69, 9.17) is 0 Å². The molecule has 1 nitrogen and oxygen atoms in total. The first-order chi connectivity index (χ1) is 6.46. The molecule has 0 aromatic carbocycles. The van der Waals surface area contributed by atoms with Crippen molar-refractivity contribution < 1.29 is 13.2 Å². The van der Waals surface area contributed by atoms with Gasteiger partial charge in [0.15, 0.2) is 5.69 Å². The van der Waals surface area contributed by atoms with Crippen molar-refractivity contribution in [2.24, 2.45) is 0 Å². The molecule has 1 aromatic heterocycles. The zero-order valence-corrected chi connectivity index (χ0v) is 8.85. The van der Waals surface area contributed by atoms with Crippen molar-refractivity contribution in [1.29, 1.82) is 0 Å². The molecular weight excluding hydrogens is 259 g/mol. The minimum Gasteiger partial charge on any atom is -0.251 e. The Hall–Kier alpha value is -0.840. The molecule has 0 aliphatic carbocycles. The van der Waals surface area contributed by atoms with Crippen molar-refractivity contribution in [3.8, 4) is 0 Å². The molecule has 76 valence electrons. The summed E-state index contributed by atoms with van der Waals surface area (Å²) in [4.78, 5) is 4.78. The topological polar surface area (TPSA) is 12.9 Å². The van der Waals surface area contributed by atoms with Crippen LogP contribution < -0.4 is 0 Å². The number of nitrogens with zero attached hydrogens (tertiary/aromatic N) is 1. The van der Waals surface area contributed by atoms with E-state index in [1.54, 1.807) is 6.92 Å². The van der Waals surface area contributed by atoms with E-state index in [9.17, 15) is 13.2 Å². The Kier molecular flexibility index (Phi) is 3.31. The molecule has 0 amide bonds. The minimum atomic E-state index is -4.41.